The van der Waals surface area contributed by atoms with Crippen LogP contribution in [0.1, 0.15) is 25.3 Å². The van der Waals surface area contributed by atoms with E-state index in [1.807, 2.05) is 0 Å². The number of carbonyl (C=O) groups excluding carboxylic acids is 1. The number of sulfonamides is 1. The van der Waals surface area contributed by atoms with Crippen LogP contribution in [0.5, 0.6) is 0 Å². The first kappa shape index (κ1) is 15.5. The Bertz CT molecular complexity index is 575. The zero-order valence-corrected chi connectivity index (χ0v) is 13.0. The highest BCUT2D eigenvalue weighted by molar-refractivity contribution is 7.89. The fourth-order valence-corrected chi connectivity index (χ4v) is 3.94. The van der Waals surface area contributed by atoms with Crippen LogP contribution in [0.15, 0.2) is 29.2 Å². The Balaban J connectivity index is 2.15. The van der Waals surface area contributed by atoms with Gasteiger partial charge in [0.25, 0.3) is 0 Å². The summed E-state index contributed by atoms with van der Waals surface area (Å²) in [5, 5.41) is -0.453. The van der Waals surface area contributed by atoms with E-state index in [0.717, 1.165) is 18.4 Å². The second-order valence-electron chi connectivity index (χ2n) is 5.26. The number of hydrogen-bond donors (Lipinski definition) is 0. The van der Waals surface area contributed by atoms with Crippen molar-refractivity contribution in [3.05, 3.63) is 29.8 Å². The molecule has 1 heterocycles. The van der Waals surface area contributed by atoms with Crippen LogP contribution in [0.2, 0.25) is 0 Å². The van der Waals surface area contributed by atoms with Crippen LogP contribution in [-0.4, -0.2) is 31.1 Å². The van der Waals surface area contributed by atoms with E-state index >= 15 is 0 Å². The Hall–Kier alpha value is -0.910. The topological polar surface area (TPSA) is 54.5 Å². The fourth-order valence-electron chi connectivity index (χ4n) is 2.31. The number of carbonyl (C=O) groups is 1. The Morgan fingerprint density at radius 2 is 1.80 bits per heavy atom. The van der Waals surface area contributed by atoms with Crippen LogP contribution < -0.4 is 0 Å². The lowest BCUT2D eigenvalue weighted by atomic mass is 10.0. The average molecular weight is 316 g/mol. The number of nitrogens with zero attached hydrogens (tertiary/aromatic N) is 1. The van der Waals surface area contributed by atoms with Gasteiger partial charge in [0, 0.05) is 19.5 Å². The number of rotatable bonds is 4. The molecule has 2 rings (SSSR count). The first-order valence-corrected chi connectivity index (χ1v) is 8.49. The lowest BCUT2D eigenvalue weighted by molar-refractivity contribution is -0.111. The van der Waals surface area contributed by atoms with Crippen LogP contribution in [0.25, 0.3) is 0 Å². The van der Waals surface area contributed by atoms with Gasteiger partial charge in [0.1, 0.15) is 0 Å². The van der Waals surface area contributed by atoms with Crippen molar-refractivity contribution in [2.45, 2.75) is 31.1 Å². The van der Waals surface area contributed by atoms with Gasteiger partial charge in [-0.1, -0.05) is 19.1 Å². The van der Waals surface area contributed by atoms with Crippen molar-refractivity contribution in [2.24, 2.45) is 5.92 Å². The Kier molecular flexibility index (Phi) is 4.83. The van der Waals surface area contributed by atoms with E-state index < -0.39 is 15.3 Å². The van der Waals surface area contributed by atoms with Crippen LogP contribution >= 0.6 is 11.6 Å². The monoisotopic (exact) mass is 315 g/mol. The minimum absolute atomic E-state index is 0.114. The Labute approximate surface area is 124 Å². The predicted molar refractivity (Wildman–Crippen MR) is 78.2 cm³/mol. The second-order valence-corrected chi connectivity index (χ2v) is 7.62. The smallest absolute Gasteiger partial charge is 0.243 e. The first-order chi connectivity index (χ1) is 9.39. The van der Waals surface area contributed by atoms with Crippen LogP contribution in [0.3, 0.4) is 0 Å². The van der Waals surface area contributed by atoms with E-state index in [9.17, 15) is 13.2 Å². The molecule has 1 aromatic carbocycles. The molecule has 0 amide bonds. The minimum atomic E-state index is -3.42. The summed E-state index contributed by atoms with van der Waals surface area (Å²) in [5.41, 5.74) is 0.719. The lowest BCUT2D eigenvalue weighted by Crippen LogP contribution is -2.37. The van der Waals surface area contributed by atoms with Gasteiger partial charge in [0.05, 0.1) is 4.90 Å². The molecule has 0 atom stereocenters. The minimum Gasteiger partial charge on any atom is -0.281 e. The highest BCUT2D eigenvalue weighted by atomic mass is 35.5. The highest BCUT2D eigenvalue weighted by Gasteiger charge is 2.27. The van der Waals surface area contributed by atoms with E-state index in [2.05, 4.69) is 6.92 Å². The van der Waals surface area contributed by atoms with Crippen molar-refractivity contribution >= 4 is 26.9 Å². The molecule has 0 spiro atoms. The van der Waals surface area contributed by atoms with Crippen molar-refractivity contribution in [3.63, 3.8) is 0 Å². The van der Waals surface area contributed by atoms with Gasteiger partial charge in [-0.05, 0) is 48.1 Å². The second kappa shape index (κ2) is 6.24. The average Bonchev–Trinajstić information content (AvgIpc) is 2.39. The summed E-state index contributed by atoms with van der Waals surface area (Å²) in [6, 6.07) is 6.37. The zero-order valence-electron chi connectivity index (χ0n) is 11.4. The standard InChI is InChI=1S/C14H18ClNO3S/c1-11-6-8-16(9-7-11)20(18,19)13-4-2-12(3-5-13)10-14(15)17/h2-5,11H,6-10H2,1H3. The van der Waals surface area contributed by atoms with Gasteiger partial charge in [-0.15, -0.1) is 0 Å². The van der Waals surface area contributed by atoms with Gasteiger partial charge < -0.3 is 0 Å². The van der Waals surface area contributed by atoms with E-state index in [1.165, 1.54) is 4.31 Å². The number of benzene rings is 1. The molecule has 0 bridgehead atoms. The van der Waals surface area contributed by atoms with Crippen LogP contribution in [-0.2, 0) is 21.2 Å². The molecule has 0 N–H and O–H groups in total. The van der Waals surface area contributed by atoms with Crippen molar-refractivity contribution in [3.8, 4) is 0 Å². The quantitative estimate of drug-likeness (QED) is 0.802. The van der Waals surface area contributed by atoms with E-state index in [-0.39, 0.29) is 11.3 Å². The molecule has 1 aromatic rings. The third kappa shape index (κ3) is 3.59. The van der Waals surface area contributed by atoms with E-state index in [0.29, 0.717) is 19.0 Å². The van der Waals surface area contributed by atoms with Gasteiger partial charge in [-0.25, -0.2) is 8.42 Å². The summed E-state index contributed by atoms with van der Waals surface area (Å²) in [4.78, 5) is 11.1. The molecule has 0 radical (unpaired) electrons. The lowest BCUT2D eigenvalue weighted by Gasteiger charge is -2.29. The van der Waals surface area contributed by atoms with Gasteiger partial charge in [0.15, 0.2) is 0 Å². The van der Waals surface area contributed by atoms with Gasteiger partial charge >= 0.3 is 0 Å². The molecule has 0 aliphatic carbocycles. The third-order valence-corrected chi connectivity index (χ3v) is 5.69. The number of halogens is 1. The molecule has 1 aliphatic heterocycles. The maximum Gasteiger partial charge on any atom is 0.243 e. The summed E-state index contributed by atoms with van der Waals surface area (Å²) in [6.45, 7) is 3.29. The molecule has 6 heteroatoms. The Morgan fingerprint density at radius 3 is 2.30 bits per heavy atom. The maximum absolute atomic E-state index is 12.5. The number of piperidine rings is 1. The van der Waals surface area contributed by atoms with Crippen molar-refractivity contribution in [2.75, 3.05) is 13.1 Å². The SMILES string of the molecule is CC1CCN(S(=O)(=O)c2ccc(CC(=O)Cl)cc2)CC1. The van der Waals surface area contributed by atoms with Crippen molar-refractivity contribution < 1.29 is 13.2 Å². The van der Waals surface area contributed by atoms with Gasteiger partial charge in [-0.2, -0.15) is 4.31 Å². The van der Waals surface area contributed by atoms with Gasteiger partial charge in [-0.3, -0.25) is 4.79 Å². The molecule has 1 fully saturated rings. The number of hydrogen-bond acceptors (Lipinski definition) is 3. The summed E-state index contributed by atoms with van der Waals surface area (Å²) in [7, 11) is -3.42. The van der Waals surface area contributed by atoms with Crippen LogP contribution in [0, 0.1) is 5.92 Å². The normalized spacial score (nSPS) is 18.1. The summed E-state index contributed by atoms with van der Waals surface area (Å²) >= 11 is 5.31. The summed E-state index contributed by atoms with van der Waals surface area (Å²) in [6.07, 6.45) is 1.92. The van der Waals surface area contributed by atoms with Crippen molar-refractivity contribution in [1.82, 2.24) is 4.31 Å². The summed E-state index contributed by atoms with van der Waals surface area (Å²) in [5.74, 6) is 0.582. The summed E-state index contributed by atoms with van der Waals surface area (Å²) < 4.78 is 26.5. The molecule has 4 nitrogen and oxygen atoms in total. The largest absolute Gasteiger partial charge is 0.281 e. The third-order valence-electron chi connectivity index (χ3n) is 3.65. The highest BCUT2D eigenvalue weighted by Crippen LogP contribution is 2.23. The fraction of sp³-hybridized carbons (Fsp3) is 0.500. The maximum atomic E-state index is 12.5. The molecule has 110 valence electrons. The molecule has 1 aliphatic rings. The molecule has 0 saturated carbocycles. The molecule has 0 unspecified atom stereocenters. The molecule has 0 aromatic heterocycles. The van der Waals surface area contributed by atoms with Gasteiger partial charge in [0.2, 0.25) is 15.3 Å². The molecular formula is C14H18ClNO3S. The zero-order chi connectivity index (χ0) is 14.8. The predicted octanol–water partition coefficient (Wildman–Crippen LogP) is 2.42. The Morgan fingerprint density at radius 1 is 1.25 bits per heavy atom. The first-order valence-electron chi connectivity index (χ1n) is 6.67. The molecular weight excluding hydrogens is 298 g/mol. The van der Waals surface area contributed by atoms with Crippen molar-refractivity contribution in [1.29, 1.82) is 0 Å². The van der Waals surface area contributed by atoms with Crippen LogP contribution in [0.4, 0.5) is 0 Å². The molecule has 1 saturated heterocycles. The van der Waals surface area contributed by atoms with E-state index in [1.54, 1.807) is 24.3 Å². The van der Waals surface area contributed by atoms with E-state index in [4.69, 9.17) is 11.6 Å². The molecule has 20 heavy (non-hydrogen) atoms.